The molecule has 30 heavy (non-hydrogen) atoms. The van der Waals surface area contributed by atoms with Gasteiger partial charge in [-0.3, -0.25) is 10.3 Å². The fourth-order valence-corrected chi connectivity index (χ4v) is 2.46. The van der Waals surface area contributed by atoms with E-state index >= 15 is 0 Å². The van der Waals surface area contributed by atoms with Crippen LogP contribution < -0.4 is 20.1 Å². The predicted molar refractivity (Wildman–Crippen MR) is 105 cm³/mol. The van der Waals surface area contributed by atoms with Gasteiger partial charge in [-0.2, -0.15) is 5.26 Å². The third-order valence-corrected chi connectivity index (χ3v) is 3.76. The maximum Gasteiger partial charge on any atom is 0.573 e. The summed E-state index contributed by atoms with van der Waals surface area (Å²) < 4.78 is 46.5. The summed E-state index contributed by atoms with van der Waals surface area (Å²) in [6, 6.07) is 9.22. The second-order valence-corrected chi connectivity index (χ2v) is 6.09. The van der Waals surface area contributed by atoms with Gasteiger partial charge in [0.05, 0.1) is 18.5 Å². The zero-order valence-electron chi connectivity index (χ0n) is 16.2. The van der Waals surface area contributed by atoms with Crippen LogP contribution in [0.25, 0.3) is 0 Å². The molecule has 2 aromatic rings. The number of hydrogen-bond donors (Lipinski definition) is 2. The van der Waals surface area contributed by atoms with E-state index < -0.39 is 6.36 Å². The first kappa shape index (κ1) is 22.8. The van der Waals surface area contributed by atoms with E-state index in [9.17, 15) is 13.2 Å². The Labute approximate surface area is 172 Å². The molecule has 0 amide bonds. The smallest absolute Gasteiger partial charge is 0.490 e. The lowest BCUT2D eigenvalue weighted by Gasteiger charge is -2.13. The largest absolute Gasteiger partial charge is 0.573 e. The number of halogens is 3. The lowest BCUT2D eigenvalue weighted by Crippen LogP contribution is -2.34. The van der Waals surface area contributed by atoms with E-state index in [2.05, 4.69) is 25.3 Å². The molecule has 0 radical (unpaired) electrons. The summed E-state index contributed by atoms with van der Waals surface area (Å²) in [7, 11) is 0. The van der Waals surface area contributed by atoms with E-state index in [-0.39, 0.29) is 18.1 Å². The highest BCUT2D eigenvalue weighted by molar-refractivity contribution is 5.83. The second kappa shape index (κ2) is 12.2. The highest BCUT2D eigenvalue weighted by atomic mass is 19.4. The first-order valence-electron chi connectivity index (χ1n) is 9.33. The molecule has 1 heterocycles. The minimum atomic E-state index is -4.76. The average Bonchev–Trinajstić information content (AvgIpc) is 2.71. The Hall–Kier alpha value is -3.48. The molecule has 2 rings (SSSR count). The molecule has 0 fully saturated rings. The molecule has 1 aromatic carbocycles. The number of rotatable bonds is 10. The number of pyridine rings is 1. The van der Waals surface area contributed by atoms with Gasteiger partial charge in [0.25, 0.3) is 0 Å². The number of alkyl halides is 3. The van der Waals surface area contributed by atoms with Crippen LogP contribution in [0.4, 0.5) is 18.9 Å². The molecule has 2 N–H and O–H groups in total. The van der Waals surface area contributed by atoms with Crippen molar-refractivity contribution in [3.05, 3.63) is 48.8 Å². The van der Waals surface area contributed by atoms with Gasteiger partial charge in [-0.1, -0.05) is 25.0 Å². The Morgan fingerprint density at radius 1 is 1.07 bits per heavy atom. The SMILES string of the molecule is N#CNC(=Nc1cccnc1)NCCCCCCOc1ccccc1OC(F)(F)F. The zero-order valence-corrected chi connectivity index (χ0v) is 16.2. The molecule has 0 unspecified atom stereocenters. The van der Waals surface area contributed by atoms with Crippen LogP contribution in [0.2, 0.25) is 0 Å². The molecular weight excluding hydrogens is 399 g/mol. The zero-order chi connectivity index (χ0) is 21.7. The molecule has 160 valence electrons. The lowest BCUT2D eigenvalue weighted by atomic mass is 10.2. The summed E-state index contributed by atoms with van der Waals surface area (Å²) in [5, 5.41) is 14.3. The van der Waals surface area contributed by atoms with Crippen LogP contribution in [0.15, 0.2) is 53.8 Å². The molecule has 10 heteroatoms. The fraction of sp³-hybridized carbons (Fsp3) is 0.350. The van der Waals surface area contributed by atoms with Crippen molar-refractivity contribution in [3.8, 4) is 17.7 Å². The van der Waals surface area contributed by atoms with Gasteiger partial charge in [-0.05, 0) is 37.1 Å². The quantitative estimate of drug-likeness (QED) is 0.196. The van der Waals surface area contributed by atoms with Crippen LogP contribution in [-0.2, 0) is 0 Å². The van der Waals surface area contributed by atoms with E-state index in [1.165, 1.54) is 18.2 Å². The van der Waals surface area contributed by atoms with Gasteiger partial charge in [0, 0.05) is 12.7 Å². The minimum Gasteiger partial charge on any atom is -0.490 e. The highest BCUT2D eigenvalue weighted by Crippen LogP contribution is 2.31. The van der Waals surface area contributed by atoms with Crippen LogP contribution in [0.1, 0.15) is 25.7 Å². The third-order valence-electron chi connectivity index (χ3n) is 3.76. The number of unbranched alkanes of at least 4 members (excludes halogenated alkanes) is 3. The monoisotopic (exact) mass is 421 g/mol. The number of ether oxygens (including phenoxy) is 2. The topological polar surface area (TPSA) is 91.6 Å². The molecule has 0 aliphatic rings. The summed E-state index contributed by atoms with van der Waals surface area (Å²) in [5.41, 5.74) is 0.620. The Morgan fingerprint density at radius 3 is 2.53 bits per heavy atom. The number of guanidine groups is 1. The van der Waals surface area contributed by atoms with Crippen molar-refractivity contribution in [1.82, 2.24) is 15.6 Å². The molecule has 0 spiro atoms. The van der Waals surface area contributed by atoms with Crippen LogP contribution in [0.5, 0.6) is 11.5 Å². The van der Waals surface area contributed by atoms with Gasteiger partial charge in [0.1, 0.15) is 0 Å². The number of benzene rings is 1. The van der Waals surface area contributed by atoms with Crippen molar-refractivity contribution in [2.75, 3.05) is 13.2 Å². The van der Waals surface area contributed by atoms with Crippen molar-refractivity contribution in [2.45, 2.75) is 32.0 Å². The van der Waals surface area contributed by atoms with Crippen molar-refractivity contribution >= 4 is 11.6 Å². The maximum atomic E-state index is 12.4. The highest BCUT2D eigenvalue weighted by Gasteiger charge is 2.32. The van der Waals surface area contributed by atoms with Gasteiger partial charge < -0.3 is 14.8 Å². The minimum absolute atomic E-state index is 0.0651. The van der Waals surface area contributed by atoms with Gasteiger partial charge in [0.15, 0.2) is 17.7 Å². The van der Waals surface area contributed by atoms with E-state index in [0.717, 1.165) is 19.3 Å². The van der Waals surface area contributed by atoms with Crippen LogP contribution in [-0.4, -0.2) is 30.5 Å². The second-order valence-electron chi connectivity index (χ2n) is 6.09. The van der Waals surface area contributed by atoms with Gasteiger partial charge >= 0.3 is 6.36 Å². The van der Waals surface area contributed by atoms with Crippen LogP contribution >= 0.6 is 0 Å². The number of para-hydroxylation sites is 2. The molecule has 0 aliphatic carbocycles. The lowest BCUT2D eigenvalue weighted by molar-refractivity contribution is -0.275. The number of hydrogen-bond acceptors (Lipinski definition) is 5. The van der Waals surface area contributed by atoms with Crippen molar-refractivity contribution < 1.29 is 22.6 Å². The Morgan fingerprint density at radius 2 is 1.83 bits per heavy atom. The number of aliphatic imine (C=N–C) groups is 1. The number of nitriles is 1. The molecular formula is C20H22F3N5O2. The third kappa shape index (κ3) is 9.14. The summed E-state index contributed by atoms with van der Waals surface area (Å²) >= 11 is 0. The van der Waals surface area contributed by atoms with Crippen LogP contribution in [0, 0.1) is 11.5 Å². The molecule has 7 nitrogen and oxygen atoms in total. The Kier molecular flexibility index (Phi) is 9.24. The number of nitrogens with zero attached hydrogens (tertiary/aromatic N) is 3. The summed E-state index contributed by atoms with van der Waals surface area (Å²) in [4.78, 5) is 8.22. The molecule has 0 aliphatic heterocycles. The van der Waals surface area contributed by atoms with Gasteiger partial charge in [0.2, 0.25) is 5.96 Å². The van der Waals surface area contributed by atoms with E-state index in [1.54, 1.807) is 30.6 Å². The number of nitrogens with one attached hydrogen (secondary N) is 2. The predicted octanol–water partition coefficient (Wildman–Crippen LogP) is 4.27. The summed E-state index contributed by atoms with van der Waals surface area (Å²) in [5.74, 6) is 0.0602. The van der Waals surface area contributed by atoms with Gasteiger partial charge in [-0.15, -0.1) is 13.2 Å². The maximum absolute atomic E-state index is 12.4. The van der Waals surface area contributed by atoms with E-state index in [1.807, 2.05) is 6.19 Å². The summed E-state index contributed by atoms with van der Waals surface area (Å²) in [6.45, 7) is 0.895. The summed E-state index contributed by atoms with van der Waals surface area (Å²) in [6.07, 6.45) is 3.52. The van der Waals surface area contributed by atoms with Crippen LogP contribution in [0.3, 0.4) is 0 Å². The van der Waals surface area contributed by atoms with E-state index in [0.29, 0.717) is 24.6 Å². The fourth-order valence-electron chi connectivity index (χ4n) is 2.46. The normalized spacial score (nSPS) is 11.5. The Bertz CT molecular complexity index is 838. The first-order valence-corrected chi connectivity index (χ1v) is 9.33. The van der Waals surface area contributed by atoms with Crippen molar-refractivity contribution in [2.24, 2.45) is 4.99 Å². The average molecular weight is 421 g/mol. The van der Waals surface area contributed by atoms with Crippen molar-refractivity contribution in [3.63, 3.8) is 0 Å². The molecule has 1 aromatic heterocycles. The van der Waals surface area contributed by atoms with E-state index in [4.69, 9.17) is 10.00 Å². The molecule has 0 saturated carbocycles. The number of aromatic nitrogens is 1. The molecule has 0 saturated heterocycles. The Balaban J connectivity index is 1.64. The van der Waals surface area contributed by atoms with Crippen molar-refractivity contribution in [1.29, 1.82) is 5.26 Å². The molecule has 0 atom stereocenters. The first-order chi connectivity index (χ1) is 14.5. The standard InChI is InChI=1S/C20H22F3N5O2/c21-20(22,23)30-18-10-4-3-9-17(18)29-13-6-2-1-5-12-26-19(27-15-24)28-16-8-7-11-25-14-16/h3-4,7-11,14H,1-2,5-6,12-13H2,(H2,26,27,28). The van der Waals surface area contributed by atoms with Gasteiger partial charge in [-0.25, -0.2) is 4.99 Å². The molecule has 0 bridgehead atoms.